The topological polar surface area (TPSA) is 72.6 Å². The van der Waals surface area contributed by atoms with Gasteiger partial charge in [0.15, 0.2) is 17.3 Å². The molecule has 3 aromatic rings. The maximum absolute atomic E-state index is 14.7. The largest absolute Gasteiger partial charge is 0.486 e. The van der Waals surface area contributed by atoms with E-state index in [0.717, 1.165) is 18.3 Å². The van der Waals surface area contributed by atoms with E-state index < -0.39 is 36.0 Å². The Morgan fingerprint density at radius 2 is 1.93 bits per heavy atom. The number of aromatic nitrogens is 1. The van der Waals surface area contributed by atoms with Gasteiger partial charge in [-0.15, -0.1) is 0 Å². The summed E-state index contributed by atoms with van der Waals surface area (Å²) >= 11 is 0. The van der Waals surface area contributed by atoms with E-state index in [-0.39, 0.29) is 27.9 Å². The highest BCUT2D eigenvalue weighted by Crippen LogP contribution is 2.34. The first kappa shape index (κ1) is 21.2. The second kappa shape index (κ2) is 8.28. The molecular formula is C19H17F4NO4. The van der Waals surface area contributed by atoms with Crippen molar-refractivity contribution < 1.29 is 36.6 Å². The first-order chi connectivity index (χ1) is 13.2. The van der Waals surface area contributed by atoms with E-state index in [1.807, 2.05) is 13.8 Å². The number of alkyl halides is 3. The summed E-state index contributed by atoms with van der Waals surface area (Å²) in [6.45, 7) is 4.78. The van der Waals surface area contributed by atoms with Crippen molar-refractivity contribution in [3.05, 3.63) is 58.9 Å². The van der Waals surface area contributed by atoms with Crippen LogP contribution in [-0.2, 0) is 12.8 Å². The molecule has 0 bridgehead atoms. The van der Waals surface area contributed by atoms with E-state index in [0.29, 0.717) is 0 Å². The Balaban J connectivity index is 0.00000136. The Hall–Kier alpha value is -3.10. The number of pyridine rings is 1. The average Bonchev–Trinajstić information content (AvgIpc) is 2.99. The van der Waals surface area contributed by atoms with Crippen LogP contribution in [0.25, 0.3) is 11.0 Å². The minimum Gasteiger partial charge on any atom is -0.486 e. The molecule has 0 atom stereocenters. The highest BCUT2D eigenvalue weighted by atomic mass is 19.4. The third kappa shape index (κ3) is 4.08. The zero-order valence-electron chi connectivity index (χ0n) is 15.2. The van der Waals surface area contributed by atoms with Gasteiger partial charge < -0.3 is 14.3 Å². The van der Waals surface area contributed by atoms with E-state index in [1.54, 1.807) is 0 Å². The van der Waals surface area contributed by atoms with Crippen LogP contribution in [0.2, 0.25) is 0 Å². The predicted octanol–water partition coefficient (Wildman–Crippen LogP) is 5.60. The number of furan rings is 1. The first-order valence-electron chi connectivity index (χ1n) is 8.29. The Kier molecular flexibility index (Phi) is 6.27. The fourth-order valence-electron chi connectivity index (χ4n) is 2.58. The van der Waals surface area contributed by atoms with Crippen LogP contribution in [0.5, 0.6) is 5.75 Å². The van der Waals surface area contributed by atoms with Gasteiger partial charge in [0.2, 0.25) is 0 Å². The fourth-order valence-corrected chi connectivity index (χ4v) is 2.58. The fraction of sp³-hybridized carbons (Fsp3) is 0.263. The highest BCUT2D eigenvalue weighted by Gasteiger charge is 2.35. The van der Waals surface area contributed by atoms with Crippen molar-refractivity contribution in [2.24, 2.45) is 0 Å². The van der Waals surface area contributed by atoms with Crippen molar-refractivity contribution in [3.8, 4) is 5.75 Å². The molecule has 150 valence electrons. The maximum atomic E-state index is 14.7. The molecule has 0 aliphatic heterocycles. The third-order valence-corrected chi connectivity index (χ3v) is 3.69. The summed E-state index contributed by atoms with van der Waals surface area (Å²) in [4.78, 5) is 14.6. The van der Waals surface area contributed by atoms with Crippen molar-refractivity contribution in [3.63, 3.8) is 0 Å². The SMILES string of the molecule is CC.Cc1oc2ccc(OCc3cccnc3C(F)(F)F)c(F)c2c1C(=O)O. The lowest BCUT2D eigenvalue weighted by Gasteiger charge is -2.13. The monoisotopic (exact) mass is 399 g/mol. The van der Waals surface area contributed by atoms with Gasteiger partial charge in [0.25, 0.3) is 0 Å². The van der Waals surface area contributed by atoms with Crippen molar-refractivity contribution in [1.29, 1.82) is 0 Å². The van der Waals surface area contributed by atoms with Crippen LogP contribution in [-0.4, -0.2) is 16.1 Å². The molecule has 0 fully saturated rings. The van der Waals surface area contributed by atoms with Gasteiger partial charge in [-0.05, 0) is 25.1 Å². The number of carboxylic acids is 1. The summed E-state index contributed by atoms with van der Waals surface area (Å²) in [7, 11) is 0. The second-order valence-corrected chi connectivity index (χ2v) is 5.39. The molecule has 5 nitrogen and oxygen atoms in total. The number of hydrogen-bond donors (Lipinski definition) is 1. The van der Waals surface area contributed by atoms with Crippen LogP contribution in [0, 0.1) is 12.7 Å². The van der Waals surface area contributed by atoms with Crippen LogP contribution >= 0.6 is 0 Å². The van der Waals surface area contributed by atoms with Gasteiger partial charge >= 0.3 is 12.1 Å². The number of aromatic carboxylic acids is 1. The van der Waals surface area contributed by atoms with Gasteiger partial charge in [0.1, 0.15) is 23.5 Å². The summed E-state index contributed by atoms with van der Waals surface area (Å²) in [6.07, 6.45) is -3.69. The van der Waals surface area contributed by atoms with E-state index in [9.17, 15) is 27.5 Å². The van der Waals surface area contributed by atoms with Gasteiger partial charge in [-0.3, -0.25) is 4.98 Å². The molecule has 28 heavy (non-hydrogen) atoms. The Morgan fingerprint density at radius 3 is 2.54 bits per heavy atom. The predicted molar refractivity (Wildman–Crippen MR) is 92.8 cm³/mol. The van der Waals surface area contributed by atoms with Crippen molar-refractivity contribution in [1.82, 2.24) is 4.98 Å². The molecule has 3 rings (SSSR count). The molecule has 0 amide bonds. The Morgan fingerprint density at radius 1 is 1.25 bits per heavy atom. The molecule has 0 aliphatic carbocycles. The Bertz CT molecular complexity index is 995. The quantitative estimate of drug-likeness (QED) is 0.579. The lowest BCUT2D eigenvalue weighted by atomic mass is 10.1. The lowest BCUT2D eigenvalue weighted by Crippen LogP contribution is -2.13. The molecule has 0 radical (unpaired) electrons. The summed E-state index contributed by atoms with van der Waals surface area (Å²) < 4.78 is 63.8. The second-order valence-electron chi connectivity index (χ2n) is 5.39. The van der Waals surface area contributed by atoms with Crippen molar-refractivity contribution in [2.75, 3.05) is 0 Å². The highest BCUT2D eigenvalue weighted by molar-refractivity contribution is 6.04. The van der Waals surface area contributed by atoms with Crippen LogP contribution in [0.4, 0.5) is 17.6 Å². The maximum Gasteiger partial charge on any atom is 0.433 e. The van der Waals surface area contributed by atoms with Crippen LogP contribution in [0.1, 0.15) is 41.2 Å². The molecule has 0 saturated heterocycles. The molecule has 0 aliphatic rings. The number of rotatable bonds is 4. The van der Waals surface area contributed by atoms with E-state index in [2.05, 4.69) is 4.98 Å². The van der Waals surface area contributed by atoms with Gasteiger partial charge in [-0.2, -0.15) is 13.2 Å². The number of nitrogens with zero attached hydrogens (tertiary/aromatic N) is 1. The molecule has 2 heterocycles. The number of benzene rings is 1. The lowest BCUT2D eigenvalue weighted by molar-refractivity contribution is -0.142. The minimum atomic E-state index is -4.68. The molecule has 1 N–H and O–H groups in total. The Labute approximate surface area is 157 Å². The molecular weight excluding hydrogens is 382 g/mol. The van der Waals surface area contributed by atoms with E-state index in [1.165, 1.54) is 19.1 Å². The molecule has 0 saturated carbocycles. The number of halogens is 4. The number of fused-ring (bicyclic) bond motifs is 1. The summed E-state index contributed by atoms with van der Waals surface area (Å²) in [5.74, 6) is -2.79. The first-order valence-corrected chi connectivity index (χ1v) is 8.29. The normalized spacial score (nSPS) is 11.1. The van der Waals surface area contributed by atoms with Crippen LogP contribution in [0.15, 0.2) is 34.9 Å². The zero-order chi connectivity index (χ0) is 21.1. The molecule has 0 unspecified atom stereocenters. The molecule has 1 aromatic carbocycles. The van der Waals surface area contributed by atoms with Crippen LogP contribution < -0.4 is 4.74 Å². The molecule has 9 heteroatoms. The smallest absolute Gasteiger partial charge is 0.433 e. The van der Waals surface area contributed by atoms with Gasteiger partial charge in [0, 0.05) is 11.8 Å². The summed E-state index contributed by atoms with van der Waals surface area (Å²) in [5, 5.41) is 8.90. The minimum absolute atomic E-state index is 0.00195. The standard InChI is InChI=1S/C17H11F4NO4.C2H6/c1-8-12(16(23)24)13-10(26-8)4-5-11(14(13)18)25-7-9-3-2-6-22-15(9)17(19,20)21;1-2/h2-6H,7H2,1H3,(H,23,24);1-2H3. The summed E-state index contributed by atoms with van der Waals surface area (Å²) in [5.41, 5.74) is -1.77. The molecule has 2 aromatic heterocycles. The van der Waals surface area contributed by atoms with Crippen molar-refractivity contribution >= 4 is 16.9 Å². The number of carboxylic acid groups (broad SMARTS) is 1. The number of carbonyl (C=O) groups is 1. The van der Waals surface area contributed by atoms with Gasteiger partial charge in [-0.1, -0.05) is 19.9 Å². The summed E-state index contributed by atoms with van der Waals surface area (Å²) in [6, 6.07) is 4.92. The average molecular weight is 399 g/mol. The van der Waals surface area contributed by atoms with E-state index >= 15 is 0 Å². The number of aryl methyl sites for hydroxylation is 1. The zero-order valence-corrected chi connectivity index (χ0v) is 15.2. The number of hydrogen-bond acceptors (Lipinski definition) is 4. The van der Waals surface area contributed by atoms with Crippen molar-refractivity contribution in [2.45, 2.75) is 33.6 Å². The third-order valence-electron chi connectivity index (χ3n) is 3.69. The van der Waals surface area contributed by atoms with E-state index in [4.69, 9.17) is 9.15 Å². The molecule has 0 spiro atoms. The van der Waals surface area contributed by atoms with Gasteiger partial charge in [-0.25, -0.2) is 9.18 Å². The number of ether oxygens (including phenoxy) is 1. The van der Waals surface area contributed by atoms with Gasteiger partial charge in [0.05, 0.1) is 5.39 Å². The van der Waals surface area contributed by atoms with Crippen LogP contribution in [0.3, 0.4) is 0 Å².